The third kappa shape index (κ3) is 6.13. The molecule has 0 radical (unpaired) electrons. The molecule has 0 amide bonds. The van der Waals surface area contributed by atoms with Crippen molar-refractivity contribution in [2.45, 2.75) is 70.6 Å². The minimum atomic E-state index is -0.711. The van der Waals surface area contributed by atoms with Crippen molar-refractivity contribution in [2.24, 2.45) is 0 Å². The standard InChI is InChI=1S/C25H34O5/c1-24(2,28-17-20-14-10-7-11-15-20)23(26-5)22-21(29-25(3,4)30-22)18-27-16-19-12-8-6-9-13-19/h6-15,21-23H,16-18H2,1-5H3/t21-,22-,23-/m0/s1. The molecule has 0 N–H and O–H groups in total. The molecule has 0 bridgehead atoms. The Morgan fingerprint density at radius 3 is 2.03 bits per heavy atom. The van der Waals surface area contributed by atoms with Crippen molar-refractivity contribution in [1.82, 2.24) is 0 Å². The smallest absolute Gasteiger partial charge is 0.164 e. The second-order valence-electron chi connectivity index (χ2n) is 8.67. The molecule has 0 aliphatic carbocycles. The summed E-state index contributed by atoms with van der Waals surface area (Å²) in [6.07, 6.45) is -0.895. The fraction of sp³-hybridized carbons (Fsp3) is 0.520. The molecule has 0 saturated carbocycles. The Balaban J connectivity index is 1.64. The number of ether oxygens (including phenoxy) is 5. The first-order valence-corrected chi connectivity index (χ1v) is 10.5. The molecular formula is C25H34O5. The van der Waals surface area contributed by atoms with Crippen LogP contribution in [0.1, 0.15) is 38.8 Å². The van der Waals surface area contributed by atoms with E-state index in [2.05, 4.69) is 12.1 Å². The molecule has 1 saturated heterocycles. The second kappa shape index (κ2) is 10.0. The van der Waals surface area contributed by atoms with Crippen LogP contribution in [0.2, 0.25) is 0 Å². The molecule has 1 aliphatic rings. The topological polar surface area (TPSA) is 46.2 Å². The molecule has 5 nitrogen and oxygen atoms in total. The van der Waals surface area contributed by atoms with Gasteiger partial charge in [-0.05, 0) is 38.8 Å². The third-order valence-corrected chi connectivity index (χ3v) is 5.31. The zero-order valence-electron chi connectivity index (χ0n) is 18.7. The summed E-state index contributed by atoms with van der Waals surface area (Å²) < 4.78 is 30.5. The van der Waals surface area contributed by atoms with E-state index in [0.29, 0.717) is 19.8 Å². The predicted octanol–water partition coefficient (Wildman–Crippen LogP) is 4.73. The first kappa shape index (κ1) is 22.9. The molecule has 2 aromatic carbocycles. The summed E-state index contributed by atoms with van der Waals surface area (Å²) in [5.74, 6) is -0.711. The maximum atomic E-state index is 6.27. The van der Waals surface area contributed by atoms with Crippen molar-refractivity contribution in [3.63, 3.8) is 0 Å². The lowest BCUT2D eigenvalue weighted by Gasteiger charge is -2.38. The van der Waals surface area contributed by atoms with Gasteiger partial charge in [0.15, 0.2) is 5.79 Å². The molecule has 3 rings (SSSR count). The molecule has 30 heavy (non-hydrogen) atoms. The van der Waals surface area contributed by atoms with Gasteiger partial charge in [0.2, 0.25) is 0 Å². The van der Waals surface area contributed by atoms with Crippen molar-refractivity contribution in [3.05, 3.63) is 71.8 Å². The first-order valence-electron chi connectivity index (χ1n) is 10.5. The van der Waals surface area contributed by atoms with Gasteiger partial charge in [0.25, 0.3) is 0 Å². The van der Waals surface area contributed by atoms with Gasteiger partial charge in [-0.3, -0.25) is 0 Å². The lowest BCUT2D eigenvalue weighted by atomic mass is 9.93. The van der Waals surface area contributed by atoms with Gasteiger partial charge in [0.05, 0.1) is 25.4 Å². The lowest BCUT2D eigenvalue weighted by Crippen LogP contribution is -2.52. The molecule has 1 fully saturated rings. The summed E-state index contributed by atoms with van der Waals surface area (Å²) in [6, 6.07) is 20.2. The number of hydrogen-bond acceptors (Lipinski definition) is 5. The van der Waals surface area contributed by atoms with Crippen LogP contribution in [0.25, 0.3) is 0 Å². The highest BCUT2D eigenvalue weighted by Crippen LogP contribution is 2.36. The van der Waals surface area contributed by atoms with Gasteiger partial charge in [0, 0.05) is 7.11 Å². The van der Waals surface area contributed by atoms with Crippen molar-refractivity contribution in [1.29, 1.82) is 0 Å². The average molecular weight is 415 g/mol. The quantitative estimate of drug-likeness (QED) is 0.562. The molecule has 0 spiro atoms. The summed E-state index contributed by atoms with van der Waals surface area (Å²) in [7, 11) is 1.69. The molecule has 0 aromatic heterocycles. The van der Waals surface area contributed by atoms with Gasteiger partial charge in [-0.15, -0.1) is 0 Å². The van der Waals surface area contributed by atoms with Crippen LogP contribution in [0.3, 0.4) is 0 Å². The van der Waals surface area contributed by atoms with E-state index in [-0.39, 0.29) is 18.3 Å². The lowest BCUT2D eigenvalue weighted by molar-refractivity contribution is -0.191. The Labute approximate surface area is 180 Å². The zero-order chi connectivity index (χ0) is 21.6. The summed E-state index contributed by atoms with van der Waals surface area (Å²) in [5, 5.41) is 0. The number of methoxy groups -OCH3 is 1. The molecule has 2 aromatic rings. The molecular weight excluding hydrogens is 380 g/mol. The molecule has 0 unspecified atom stereocenters. The Morgan fingerprint density at radius 1 is 0.900 bits per heavy atom. The Kier molecular flexibility index (Phi) is 7.66. The van der Waals surface area contributed by atoms with Gasteiger partial charge < -0.3 is 23.7 Å². The van der Waals surface area contributed by atoms with Crippen molar-refractivity contribution in [3.8, 4) is 0 Å². The summed E-state index contributed by atoms with van der Waals surface area (Å²) >= 11 is 0. The maximum absolute atomic E-state index is 6.27. The van der Waals surface area contributed by atoms with Crippen LogP contribution in [-0.2, 0) is 36.9 Å². The van der Waals surface area contributed by atoms with E-state index < -0.39 is 11.4 Å². The predicted molar refractivity (Wildman–Crippen MR) is 116 cm³/mol. The largest absolute Gasteiger partial charge is 0.376 e. The minimum Gasteiger partial charge on any atom is -0.376 e. The molecule has 164 valence electrons. The Bertz CT molecular complexity index is 760. The normalized spacial score (nSPS) is 22.2. The van der Waals surface area contributed by atoms with Crippen LogP contribution in [0.5, 0.6) is 0 Å². The van der Waals surface area contributed by atoms with Crippen molar-refractivity contribution < 1.29 is 23.7 Å². The fourth-order valence-electron chi connectivity index (χ4n) is 3.86. The van der Waals surface area contributed by atoms with Crippen molar-refractivity contribution in [2.75, 3.05) is 13.7 Å². The monoisotopic (exact) mass is 414 g/mol. The van der Waals surface area contributed by atoms with Crippen LogP contribution in [0.15, 0.2) is 60.7 Å². The SMILES string of the molecule is CO[C@@H]([C@H]1OC(C)(C)O[C@H]1COCc1ccccc1)C(C)(C)OCc1ccccc1. The van der Waals surface area contributed by atoms with Gasteiger partial charge >= 0.3 is 0 Å². The molecule has 1 heterocycles. The molecule has 3 atom stereocenters. The van der Waals surface area contributed by atoms with E-state index in [9.17, 15) is 0 Å². The summed E-state index contributed by atoms with van der Waals surface area (Å²) in [4.78, 5) is 0. The Hall–Kier alpha value is -1.76. The highest BCUT2D eigenvalue weighted by atomic mass is 16.8. The van der Waals surface area contributed by atoms with Crippen LogP contribution in [0, 0.1) is 0 Å². The number of benzene rings is 2. The highest BCUT2D eigenvalue weighted by molar-refractivity contribution is 5.14. The van der Waals surface area contributed by atoms with Gasteiger partial charge in [-0.2, -0.15) is 0 Å². The van der Waals surface area contributed by atoms with Crippen LogP contribution in [-0.4, -0.2) is 43.4 Å². The summed E-state index contributed by atoms with van der Waals surface area (Å²) in [5.41, 5.74) is 1.66. The number of hydrogen-bond donors (Lipinski definition) is 0. The zero-order valence-corrected chi connectivity index (χ0v) is 18.7. The van der Waals surface area contributed by atoms with Crippen LogP contribution >= 0.6 is 0 Å². The maximum Gasteiger partial charge on any atom is 0.164 e. The molecule has 1 aliphatic heterocycles. The van der Waals surface area contributed by atoms with Gasteiger partial charge in [0.1, 0.15) is 18.3 Å². The third-order valence-electron chi connectivity index (χ3n) is 5.31. The second-order valence-corrected chi connectivity index (χ2v) is 8.67. The number of rotatable bonds is 10. The van der Waals surface area contributed by atoms with Gasteiger partial charge in [-0.25, -0.2) is 0 Å². The van der Waals surface area contributed by atoms with E-state index in [1.165, 1.54) is 0 Å². The average Bonchev–Trinajstić information content (AvgIpc) is 3.02. The van der Waals surface area contributed by atoms with Gasteiger partial charge in [-0.1, -0.05) is 60.7 Å². The highest BCUT2D eigenvalue weighted by Gasteiger charge is 2.50. The van der Waals surface area contributed by atoms with Crippen LogP contribution < -0.4 is 0 Å². The minimum absolute atomic E-state index is 0.256. The van der Waals surface area contributed by atoms with Crippen molar-refractivity contribution >= 4 is 0 Å². The summed E-state index contributed by atoms with van der Waals surface area (Å²) in [6.45, 7) is 9.34. The van der Waals surface area contributed by atoms with E-state index in [4.69, 9.17) is 23.7 Å². The van der Waals surface area contributed by atoms with E-state index in [0.717, 1.165) is 11.1 Å². The Morgan fingerprint density at radius 2 is 1.47 bits per heavy atom. The van der Waals surface area contributed by atoms with E-state index in [1.54, 1.807) is 7.11 Å². The van der Waals surface area contributed by atoms with E-state index >= 15 is 0 Å². The van der Waals surface area contributed by atoms with Crippen LogP contribution in [0.4, 0.5) is 0 Å². The fourth-order valence-corrected chi connectivity index (χ4v) is 3.86. The van der Waals surface area contributed by atoms with E-state index in [1.807, 2.05) is 76.2 Å². The first-order chi connectivity index (χ1) is 14.3. The molecule has 5 heteroatoms.